The second-order valence-electron chi connectivity index (χ2n) is 5.92. The second-order valence-corrected chi connectivity index (χ2v) is 7.83. The molecule has 5 rings (SSSR count). The lowest BCUT2D eigenvalue weighted by atomic mass is 10.1. The van der Waals surface area contributed by atoms with Crippen molar-refractivity contribution < 1.29 is 0 Å². The molecule has 0 atom stereocenters. The van der Waals surface area contributed by atoms with Crippen LogP contribution in [0.15, 0.2) is 66.2 Å². The van der Waals surface area contributed by atoms with Crippen LogP contribution in [0, 0.1) is 11.3 Å². The van der Waals surface area contributed by atoms with Gasteiger partial charge in [-0.05, 0) is 18.2 Å². The Morgan fingerprint density at radius 2 is 1.85 bits per heavy atom. The zero-order chi connectivity index (χ0) is 18.2. The monoisotopic (exact) mass is 384 g/mol. The number of fused-ring (bicyclic) bond motifs is 2. The number of hydrogen-bond acceptors (Lipinski definition) is 5. The number of imidazole rings is 1. The molecule has 0 aliphatic rings. The van der Waals surface area contributed by atoms with Gasteiger partial charge >= 0.3 is 0 Å². The molecule has 4 nitrogen and oxygen atoms in total. The first-order valence-corrected chi connectivity index (χ1v) is 10.0. The number of hydrogen-bond donors (Lipinski definition) is 0. The second kappa shape index (κ2) is 6.47. The van der Waals surface area contributed by atoms with Crippen molar-refractivity contribution in [2.24, 2.45) is 0 Å². The number of nitriles is 1. The van der Waals surface area contributed by atoms with Gasteiger partial charge in [0.05, 0.1) is 27.2 Å². The maximum absolute atomic E-state index is 9.81. The first-order valence-electron chi connectivity index (χ1n) is 8.32. The van der Waals surface area contributed by atoms with Crippen molar-refractivity contribution >= 4 is 49.5 Å². The molecule has 0 saturated carbocycles. The smallest absolute Gasteiger partial charge is 0.194 e. The summed E-state index contributed by atoms with van der Waals surface area (Å²) in [6.07, 6.45) is 3.88. The average Bonchev–Trinajstić information content (AvgIpc) is 3.41. The number of para-hydroxylation sites is 1. The minimum atomic E-state index is 0.543. The summed E-state index contributed by atoms with van der Waals surface area (Å²) in [6, 6.07) is 20.3. The largest absolute Gasteiger partial charge is 0.290 e. The van der Waals surface area contributed by atoms with Crippen molar-refractivity contribution in [3.05, 3.63) is 76.9 Å². The Kier molecular flexibility index (Phi) is 3.82. The Bertz CT molecular complexity index is 1300. The third kappa shape index (κ3) is 2.74. The van der Waals surface area contributed by atoms with Crippen molar-refractivity contribution in [2.45, 2.75) is 0 Å². The molecule has 0 bridgehead atoms. The first kappa shape index (κ1) is 15.9. The van der Waals surface area contributed by atoms with Gasteiger partial charge in [-0.15, -0.1) is 22.7 Å². The summed E-state index contributed by atoms with van der Waals surface area (Å²) in [6.45, 7) is 0. The lowest BCUT2D eigenvalue weighted by Gasteiger charge is -2.01. The quantitative estimate of drug-likeness (QED) is 0.373. The Balaban J connectivity index is 1.72. The van der Waals surface area contributed by atoms with Crippen molar-refractivity contribution in [1.82, 2.24) is 14.4 Å². The summed E-state index contributed by atoms with van der Waals surface area (Å²) in [5, 5.41) is 12.5. The van der Waals surface area contributed by atoms with E-state index in [1.54, 1.807) is 11.3 Å². The molecule has 2 aromatic carbocycles. The fourth-order valence-electron chi connectivity index (χ4n) is 3.02. The van der Waals surface area contributed by atoms with Crippen LogP contribution in [-0.4, -0.2) is 14.4 Å². The predicted molar refractivity (Wildman–Crippen MR) is 112 cm³/mol. The Labute approximate surface area is 163 Å². The van der Waals surface area contributed by atoms with Gasteiger partial charge in [0, 0.05) is 17.1 Å². The number of rotatable bonds is 3. The van der Waals surface area contributed by atoms with Crippen LogP contribution in [0.4, 0.5) is 0 Å². The highest BCUT2D eigenvalue weighted by atomic mass is 32.1. The predicted octanol–water partition coefficient (Wildman–Crippen LogP) is 5.74. The van der Waals surface area contributed by atoms with E-state index in [9.17, 15) is 5.26 Å². The van der Waals surface area contributed by atoms with E-state index in [1.165, 1.54) is 11.3 Å². The summed E-state index contributed by atoms with van der Waals surface area (Å²) < 4.78 is 3.10. The number of benzene rings is 2. The molecule has 0 fully saturated rings. The number of allylic oxidation sites excluding steroid dienone is 1. The summed E-state index contributed by atoms with van der Waals surface area (Å²) >= 11 is 3.11. The molecule has 6 heteroatoms. The molecular formula is C21H12N4S2. The fraction of sp³-hybridized carbons (Fsp3) is 0. The van der Waals surface area contributed by atoms with Gasteiger partial charge in [-0.3, -0.25) is 4.40 Å². The molecule has 0 unspecified atom stereocenters. The Morgan fingerprint density at radius 3 is 2.67 bits per heavy atom. The zero-order valence-electron chi connectivity index (χ0n) is 14.0. The van der Waals surface area contributed by atoms with Crippen molar-refractivity contribution in [3.8, 4) is 17.3 Å². The molecule has 0 saturated heterocycles. The fourth-order valence-corrected chi connectivity index (χ4v) is 4.67. The van der Waals surface area contributed by atoms with Crippen LogP contribution in [0.25, 0.3) is 38.1 Å². The van der Waals surface area contributed by atoms with Crippen LogP contribution in [0.1, 0.15) is 10.7 Å². The maximum Gasteiger partial charge on any atom is 0.194 e. The van der Waals surface area contributed by atoms with Crippen LogP contribution in [0.5, 0.6) is 0 Å². The van der Waals surface area contributed by atoms with Crippen molar-refractivity contribution in [1.29, 1.82) is 5.26 Å². The molecular weight excluding hydrogens is 372 g/mol. The van der Waals surface area contributed by atoms with Crippen molar-refractivity contribution in [3.63, 3.8) is 0 Å². The van der Waals surface area contributed by atoms with Gasteiger partial charge in [0.2, 0.25) is 0 Å². The lowest BCUT2D eigenvalue weighted by molar-refractivity contribution is 1.21. The minimum absolute atomic E-state index is 0.543. The molecule has 27 heavy (non-hydrogen) atoms. The lowest BCUT2D eigenvalue weighted by Crippen LogP contribution is -1.88. The number of thiazole rings is 2. The van der Waals surface area contributed by atoms with E-state index < -0.39 is 0 Å². The normalized spacial score (nSPS) is 11.9. The van der Waals surface area contributed by atoms with Crippen LogP contribution in [0.2, 0.25) is 0 Å². The molecule has 0 radical (unpaired) electrons. The summed E-state index contributed by atoms with van der Waals surface area (Å²) in [4.78, 5) is 10.3. The third-order valence-electron chi connectivity index (χ3n) is 4.27. The molecule has 5 aromatic rings. The van der Waals surface area contributed by atoms with Crippen LogP contribution < -0.4 is 0 Å². The van der Waals surface area contributed by atoms with Gasteiger partial charge in [-0.25, -0.2) is 9.97 Å². The SMILES string of the molecule is N#C/C(=C\c1c(-c2ccccc2)nc2sccn12)c1nc2ccccc2s1. The maximum atomic E-state index is 9.81. The topological polar surface area (TPSA) is 54.0 Å². The van der Waals surface area contributed by atoms with Gasteiger partial charge in [-0.2, -0.15) is 5.26 Å². The van der Waals surface area contributed by atoms with Crippen LogP contribution in [-0.2, 0) is 0 Å². The van der Waals surface area contributed by atoms with E-state index in [-0.39, 0.29) is 0 Å². The minimum Gasteiger partial charge on any atom is -0.290 e. The van der Waals surface area contributed by atoms with E-state index in [1.807, 2.05) is 76.7 Å². The highest BCUT2D eigenvalue weighted by Gasteiger charge is 2.16. The van der Waals surface area contributed by atoms with Gasteiger partial charge in [0.25, 0.3) is 0 Å². The van der Waals surface area contributed by atoms with Gasteiger partial charge < -0.3 is 0 Å². The Morgan fingerprint density at radius 1 is 1.04 bits per heavy atom. The van der Waals surface area contributed by atoms with Crippen molar-refractivity contribution in [2.75, 3.05) is 0 Å². The van der Waals surface area contributed by atoms with E-state index in [0.717, 1.165) is 37.1 Å². The third-order valence-corrected chi connectivity index (χ3v) is 6.10. The number of nitrogens with zero attached hydrogens (tertiary/aromatic N) is 4. The number of aromatic nitrogens is 3. The summed E-state index contributed by atoms with van der Waals surface area (Å²) in [5.74, 6) is 0. The molecule has 0 spiro atoms. The summed E-state index contributed by atoms with van der Waals surface area (Å²) in [5.41, 5.74) is 4.25. The van der Waals surface area contributed by atoms with Gasteiger partial charge in [0.1, 0.15) is 11.1 Å². The highest BCUT2D eigenvalue weighted by molar-refractivity contribution is 7.19. The Hall–Kier alpha value is -3.27. The van der Waals surface area contributed by atoms with Gasteiger partial charge in [-0.1, -0.05) is 42.5 Å². The molecule has 128 valence electrons. The van der Waals surface area contributed by atoms with Crippen LogP contribution >= 0.6 is 22.7 Å². The molecule has 3 aromatic heterocycles. The molecule has 0 aliphatic heterocycles. The highest BCUT2D eigenvalue weighted by Crippen LogP contribution is 2.32. The molecule has 3 heterocycles. The zero-order valence-corrected chi connectivity index (χ0v) is 15.7. The molecule has 0 aliphatic carbocycles. The summed E-state index contributed by atoms with van der Waals surface area (Å²) in [7, 11) is 0. The first-order chi connectivity index (χ1) is 13.3. The van der Waals surface area contributed by atoms with E-state index in [4.69, 9.17) is 4.98 Å². The van der Waals surface area contributed by atoms with E-state index in [2.05, 4.69) is 11.1 Å². The van der Waals surface area contributed by atoms with E-state index >= 15 is 0 Å². The standard InChI is InChI=1S/C21H12N4S2/c22-13-15(20-23-16-8-4-5-9-18(16)27-20)12-17-19(14-6-2-1-3-7-14)24-21-25(17)10-11-26-21/h1-12H/b15-12+. The van der Waals surface area contributed by atoms with E-state index in [0.29, 0.717) is 5.57 Å². The average molecular weight is 384 g/mol. The van der Waals surface area contributed by atoms with Crippen LogP contribution in [0.3, 0.4) is 0 Å². The molecule has 0 amide bonds. The van der Waals surface area contributed by atoms with Gasteiger partial charge in [0.15, 0.2) is 4.96 Å². The molecule has 0 N–H and O–H groups in total.